The maximum absolute atomic E-state index is 3.63. The molecule has 58 valence electrons. The molecule has 0 unspecified atom stereocenters. The molecule has 0 radical (unpaired) electrons. The lowest BCUT2D eigenvalue weighted by Gasteiger charge is -1.99. The van der Waals surface area contributed by atoms with Gasteiger partial charge in [0, 0.05) is 5.70 Å². The van der Waals surface area contributed by atoms with E-state index in [9.17, 15) is 0 Å². The summed E-state index contributed by atoms with van der Waals surface area (Å²) in [5.41, 5.74) is 3.83. The fourth-order valence-electron chi connectivity index (χ4n) is 0.666. The van der Waals surface area contributed by atoms with Crippen LogP contribution in [0.25, 0.3) is 0 Å². The Bertz CT molecular complexity index is 136. The Kier molecular flexibility index (Phi) is 4.54. The van der Waals surface area contributed by atoms with E-state index in [1.54, 1.807) is 7.05 Å². The van der Waals surface area contributed by atoms with Crippen LogP contribution in [-0.4, -0.2) is 7.05 Å². The minimum Gasteiger partial charge on any atom is -0.265 e. The highest BCUT2D eigenvalue weighted by atomic mass is 15.4. The number of hydrogen-bond acceptors (Lipinski definition) is 2. The van der Waals surface area contributed by atoms with Crippen LogP contribution in [0.3, 0.4) is 0 Å². The predicted molar refractivity (Wildman–Crippen MR) is 42.5 cm³/mol. The van der Waals surface area contributed by atoms with E-state index in [1.165, 1.54) is 0 Å². The zero-order chi connectivity index (χ0) is 7.98. The average Bonchev–Trinajstić information content (AvgIpc) is 1.82. The fraction of sp³-hybridized carbons (Fsp3) is 0.714. The predicted octanol–water partition coefficient (Wildman–Crippen LogP) is 2.13. The van der Waals surface area contributed by atoms with Gasteiger partial charge in [0.25, 0.3) is 0 Å². The highest BCUT2D eigenvalue weighted by molar-refractivity contribution is 4.95. The molecule has 0 spiro atoms. The molecule has 0 bridgehead atoms. The molecule has 0 aliphatic heterocycles. The Labute approximate surface area is 62.2 Å². The summed E-state index contributed by atoms with van der Waals surface area (Å²) < 4.78 is 0. The molecule has 0 fully saturated rings. The number of hydrogen-bond donors (Lipinski definition) is 1. The SMILES string of the molecule is CN=NN/C(C)=C\C(C)C. The van der Waals surface area contributed by atoms with Gasteiger partial charge in [-0.05, 0) is 12.8 Å². The quantitative estimate of drug-likeness (QED) is 0.474. The maximum Gasteiger partial charge on any atom is 0.0509 e. The first kappa shape index (κ1) is 9.14. The molecule has 0 saturated carbocycles. The van der Waals surface area contributed by atoms with Crippen molar-refractivity contribution < 1.29 is 0 Å². The van der Waals surface area contributed by atoms with Crippen molar-refractivity contribution in [2.24, 2.45) is 16.3 Å². The van der Waals surface area contributed by atoms with Gasteiger partial charge in [-0.3, -0.25) is 5.43 Å². The molecule has 0 aliphatic carbocycles. The molecular weight excluding hydrogens is 126 g/mol. The van der Waals surface area contributed by atoms with Crippen LogP contribution in [0.2, 0.25) is 0 Å². The third-order valence-electron chi connectivity index (χ3n) is 0.910. The van der Waals surface area contributed by atoms with Crippen LogP contribution in [0.1, 0.15) is 20.8 Å². The molecule has 3 nitrogen and oxygen atoms in total. The second-order valence-electron chi connectivity index (χ2n) is 2.51. The Balaban J connectivity index is 3.71. The van der Waals surface area contributed by atoms with Gasteiger partial charge in [0.1, 0.15) is 0 Å². The maximum atomic E-state index is 3.63. The van der Waals surface area contributed by atoms with Gasteiger partial charge in [-0.1, -0.05) is 25.1 Å². The molecule has 0 saturated heterocycles. The van der Waals surface area contributed by atoms with Gasteiger partial charge in [-0.15, -0.1) is 0 Å². The first-order valence-electron chi connectivity index (χ1n) is 3.40. The lowest BCUT2D eigenvalue weighted by atomic mass is 10.2. The molecule has 0 heterocycles. The summed E-state index contributed by atoms with van der Waals surface area (Å²) >= 11 is 0. The summed E-state index contributed by atoms with van der Waals surface area (Å²) in [5, 5.41) is 7.19. The van der Waals surface area contributed by atoms with Gasteiger partial charge >= 0.3 is 0 Å². The zero-order valence-electron chi connectivity index (χ0n) is 7.05. The van der Waals surface area contributed by atoms with Crippen LogP contribution in [0.5, 0.6) is 0 Å². The third kappa shape index (κ3) is 5.28. The lowest BCUT2D eigenvalue weighted by Crippen LogP contribution is -2.01. The molecule has 0 aromatic rings. The second-order valence-corrected chi connectivity index (χ2v) is 2.51. The molecule has 0 aliphatic rings. The van der Waals surface area contributed by atoms with Crippen molar-refractivity contribution in [1.82, 2.24) is 5.43 Å². The third-order valence-corrected chi connectivity index (χ3v) is 0.910. The molecule has 10 heavy (non-hydrogen) atoms. The van der Waals surface area contributed by atoms with Crippen molar-refractivity contribution >= 4 is 0 Å². The van der Waals surface area contributed by atoms with Gasteiger partial charge in [0.2, 0.25) is 0 Å². The molecule has 0 aromatic heterocycles. The fourth-order valence-corrected chi connectivity index (χ4v) is 0.666. The van der Waals surface area contributed by atoms with Crippen LogP contribution in [-0.2, 0) is 0 Å². The van der Waals surface area contributed by atoms with Gasteiger partial charge in [0.15, 0.2) is 0 Å². The first-order valence-corrected chi connectivity index (χ1v) is 3.40. The summed E-state index contributed by atoms with van der Waals surface area (Å²) in [6.07, 6.45) is 2.09. The van der Waals surface area contributed by atoms with Crippen molar-refractivity contribution in [2.45, 2.75) is 20.8 Å². The smallest absolute Gasteiger partial charge is 0.0509 e. The molecule has 1 N–H and O–H groups in total. The molecule has 0 rings (SSSR count). The van der Waals surface area contributed by atoms with E-state index in [0.29, 0.717) is 5.92 Å². The Morgan fingerprint density at radius 2 is 2.10 bits per heavy atom. The largest absolute Gasteiger partial charge is 0.265 e. The molecule has 0 aromatic carbocycles. The zero-order valence-corrected chi connectivity index (χ0v) is 7.05. The van der Waals surface area contributed by atoms with Gasteiger partial charge in [-0.2, -0.15) is 5.11 Å². The van der Waals surface area contributed by atoms with Crippen LogP contribution in [0.15, 0.2) is 22.1 Å². The minimum atomic E-state index is 0.555. The molecule has 0 atom stereocenters. The molecular formula is C7H15N3. The van der Waals surface area contributed by atoms with E-state index in [0.717, 1.165) is 5.70 Å². The Morgan fingerprint density at radius 1 is 1.50 bits per heavy atom. The van der Waals surface area contributed by atoms with Gasteiger partial charge < -0.3 is 0 Å². The highest BCUT2D eigenvalue weighted by Gasteiger charge is 1.87. The van der Waals surface area contributed by atoms with Crippen molar-refractivity contribution in [1.29, 1.82) is 0 Å². The minimum absolute atomic E-state index is 0.555. The number of nitrogens with zero attached hydrogens (tertiary/aromatic N) is 2. The van der Waals surface area contributed by atoms with Gasteiger partial charge in [0.05, 0.1) is 7.05 Å². The van der Waals surface area contributed by atoms with Crippen molar-refractivity contribution in [3.05, 3.63) is 11.8 Å². The topological polar surface area (TPSA) is 36.8 Å². The van der Waals surface area contributed by atoms with Crippen LogP contribution < -0.4 is 5.43 Å². The first-order chi connectivity index (χ1) is 4.66. The van der Waals surface area contributed by atoms with Crippen molar-refractivity contribution in [3.63, 3.8) is 0 Å². The summed E-state index contributed by atoms with van der Waals surface area (Å²) in [5.74, 6) is 0.555. The van der Waals surface area contributed by atoms with E-state index >= 15 is 0 Å². The van der Waals surface area contributed by atoms with Crippen LogP contribution in [0.4, 0.5) is 0 Å². The highest BCUT2D eigenvalue weighted by Crippen LogP contribution is 1.97. The van der Waals surface area contributed by atoms with E-state index in [4.69, 9.17) is 0 Å². The standard InChI is InChI=1S/C7H15N3/c1-6(2)5-7(3)9-10-8-4/h5-6H,1-4H3,(H,8,9)/b7-5-. The summed E-state index contributed by atoms with van der Waals surface area (Å²) in [4.78, 5) is 0. The van der Waals surface area contributed by atoms with Crippen molar-refractivity contribution in [2.75, 3.05) is 7.05 Å². The number of allylic oxidation sites excluding steroid dienone is 2. The molecule has 3 heteroatoms. The summed E-state index contributed by atoms with van der Waals surface area (Å²) in [6.45, 7) is 6.21. The van der Waals surface area contributed by atoms with E-state index in [1.807, 2.05) is 6.92 Å². The average molecular weight is 141 g/mol. The Morgan fingerprint density at radius 3 is 2.50 bits per heavy atom. The normalized spacial score (nSPS) is 13.1. The van der Waals surface area contributed by atoms with Crippen LogP contribution in [0, 0.1) is 5.92 Å². The van der Waals surface area contributed by atoms with E-state index < -0.39 is 0 Å². The lowest BCUT2D eigenvalue weighted by molar-refractivity contribution is 0.756. The van der Waals surface area contributed by atoms with E-state index in [-0.39, 0.29) is 0 Å². The summed E-state index contributed by atoms with van der Waals surface area (Å²) in [6, 6.07) is 0. The van der Waals surface area contributed by atoms with E-state index in [2.05, 4.69) is 35.7 Å². The van der Waals surface area contributed by atoms with Crippen molar-refractivity contribution in [3.8, 4) is 0 Å². The monoisotopic (exact) mass is 141 g/mol. The van der Waals surface area contributed by atoms with Crippen LogP contribution >= 0.6 is 0 Å². The number of rotatable bonds is 3. The Hall–Kier alpha value is -0.860. The number of nitrogens with one attached hydrogen (secondary N) is 1. The molecule has 0 amide bonds. The summed E-state index contributed by atoms with van der Waals surface area (Å²) in [7, 11) is 1.63. The van der Waals surface area contributed by atoms with Gasteiger partial charge in [-0.25, -0.2) is 0 Å². The second kappa shape index (κ2) is 4.97.